The van der Waals surface area contributed by atoms with Crippen LogP contribution in [0, 0.1) is 0 Å². The molecule has 1 aromatic heterocycles. The van der Waals surface area contributed by atoms with Crippen LogP contribution in [0.4, 0.5) is 0 Å². The first-order valence-electron chi connectivity index (χ1n) is 2.47. The van der Waals surface area contributed by atoms with Crippen molar-refractivity contribution in [2.24, 2.45) is 7.05 Å². The van der Waals surface area contributed by atoms with Gasteiger partial charge in [-0.15, -0.1) is 5.10 Å². The molecule has 0 unspecified atom stereocenters. The average molecular weight is 147 g/mol. The number of aromatic nitrogens is 2. The van der Waals surface area contributed by atoms with Crippen molar-refractivity contribution >= 4 is 11.6 Å². The largest absolute Gasteiger partial charge is 0.480 e. The van der Waals surface area contributed by atoms with Crippen LogP contribution in [0.1, 0.15) is 0 Å². The molecule has 1 aromatic rings. The maximum atomic E-state index is 5.63. The molecule has 0 aliphatic carbocycles. The zero-order valence-electron chi connectivity index (χ0n) is 5.26. The molecule has 0 radical (unpaired) electrons. The summed E-state index contributed by atoms with van der Waals surface area (Å²) in [4.78, 5) is 0. The van der Waals surface area contributed by atoms with Crippen LogP contribution in [-0.2, 0) is 7.05 Å². The quantitative estimate of drug-likeness (QED) is 0.593. The van der Waals surface area contributed by atoms with E-state index in [1.807, 2.05) is 0 Å². The minimum Gasteiger partial charge on any atom is -0.480 e. The Balaban J connectivity index is 2.98. The van der Waals surface area contributed by atoms with Gasteiger partial charge < -0.3 is 4.74 Å². The van der Waals surface area contributed by atoms with Gasteiger partial charge in [0, 0.05) is 13.1 Å². The van der Waals surface area contributed by atoms with Gasteiger partial charge in [-0.2, -0.15) is 0 Å². The molecule has 0 atom stereocenters. The van der Waals surface area contributed by atoms with E-state index in [1.54, 1.807) is 24.9 Å². The van der Waals surface area contributed by atoms with Crippen molar-refractivity contribution in [2.45, 2.75) is 0 Å². The van der Waals surface area contributed by atoms with E-state index in [9.17, 15) is 0 Å². The van der Waals surface area contributed by atoms with Gasteiger partial charge in [-0.25, -0.2) is 0 Å². The van der Waals surface area contributed by atoms with E-state index in [4.69, 9.17) is 16.3 Å². The Morgan fingerprint density at radius 2 is 2.44 bits per heavy atom. The number of halogens is 1. The average Bonchev–Trinajstić information content (AvgIpc) is 2.13. The fraction of sp³-hybridized carbons (Fsp3) is 0.400. The third-order valence-electron chi connectivity index (χ3n) is 1.01. The van der Waals surface area contributed by atoms with E-state index < -0.39 is 0 Å². The topological polar surface area (TPSA) is 27.1 Å². The molecule has 0 saturated carbocycles. The molecule has 0 bridgehead atoms. The molecule has 0 N–H and O–H groups in total. The summed E-state index contributed by atoms with van der Waals surface area (Å²) in [6.07, 6.45) is 0. The van der Waals surface area contributed by atoms with Gasteiger partial charge in [-0.05, 0) is 0 Å². The van der Waals surface area contributed by atoms with Gasteiger partial charge in [0.05, 0.1) is 7.11 Å². The lowest BCUT2D eigenvalue weighted by molar-refractivity contribution is 0.392. The van der Waals surface area contributed by atoms with Crippen molar-refractivity contribution in [1.29, 1.82) is 0 Å². The summed E-state index contributed by atoms with van der Waals surface area (Å²) in [7, 11) is 3.31. The Morgan fingerprint density at radius 3 is 2.67 bits per heavy atom. The van der Waals surface area contributed by atoms with Crippen LogP contribution in [0.5, 0.6) is 5.88 Å². The number of hydrogen-bond donors (Lipinski definition) is 0. The van der Waals surface area contributed by atoms with Crippen LogP contribution in [0.25, 0.3) is 0 Å². The van der Waals surface area contributed by atoms with Crippen molar-refractivity contribution < 1.29 is 4.74 Å². The number of nitrogens with zero attached hydrogens (tertiary/aromatic N) is 2. The molecule has 9 heavy (non-hydrogen) atoms. The summed E-state index contributed by atoms with van der Waals surface area (Å²) >= 11 is 5.63. The van der Waals surface area contributed by atoms with Crippen molar-refractivity contribution in [3.05, 3.63) is 11.2 Å². The zero-order valence-corrected chi connectivity index (χ0v) is 6.01. The zero-order chi connectivity index (χ0) is 6.85. The van der Waals surface area contributed by atoms with E-state index in [1.165, 1.54) is 0 Å². The van der Waals surface area contributed by atoms with Crippen molar-refractivity contribution in [1.82, 2.24) is 9.78 Å². The Kier molecular flexibility index (Phi) is 1.62. The van der Waals surface area contributed by atoms with Gasteiger partial charge >= 0.3 is 0 Å². The molecule has 4 heteroatoms. The van der Waals surface area contributed by atoms with Gasteiger partial charge in [0.2, 0.25) is 5.88 Å². The van der Waals surface area contributed by atoms with Gasteiger partial charge in [-0.3, -0.25) is 4.68 Å². The molecule has 0 aliphatic heterocycles. The molecular formula is C5H7ClN2O. The predicted molar refractivity (Wildman–Crippen MR) is 34.8 cm³/mol. The number of aryl methyl sites for hydroxylation is 1. The second-order valence-electron chi connectivity index (χ2n) is 1.63. The van der Waals surface area contributed by atoms with E-state index in [0.717, 1.165) is 0 Å². The minimum absolute atomic E-state index is 0.544. The van der Waals surface area contributed by atoms with Crippen LogP contribution in [-0.4, -0.2) is 16.9 Å². The standard InChI is InChI=1S/C5H7ClN2O/c1-8-4(6)3-5(7-8)9-2/h3H,1-2H3. The van der Waals surface area contributed by atoms with Crippen LogP contribution in [0.15, 0.2) is 6.07 Å². The number of hydrogen-bond acceptors (Lipinski definition) is 2. The van der Waals surface area contributed by atoms with E-state index in [0.29, 0.717) is 11.0 Å². The smallest absolute Gasteiger partial charge is 0.234 e. The number of ether oxygens (including phenoxy) is 1. The lowest BCUT2D eigenvalue weighted by Gasteiger charge is -1.88. The monoisotopic (exact) mass is 146 g/mol. The third kappa shape index (κ3) is 1.16. The Bertz CT molecular complexity index is 189. The molecular weight excluding hydrogens is 140 g/mol. The second kappa shape index (κ2) is 2.27. The van der Waals surface area contributed by atoms with Crippen molar-refractivity contribution in [3.63, 3.8) is 0 Å². The highest BCUT2D eigenvalue weighted by Crippen LogP contribution is 2.13. The summed E-state index contributed by atoms with van der Waals surface area (Å²) < 4.78 is 6.34. The molecule has 0 fully saturated rings. The molecule has 0 amide bonds. The van der Waals surface area contributed by atoms with E-state index in [2.05, 4.69) is 5.10 Å². The number of methoxy groups -OCH3 is 1. The Hall–Kier alpha value is -0.700. The normalized spacial score (nSPS) is 9.67. The Morgan fingerprint density at radius 1 is 1.78 bits per heavy atom. The molecule has 1 rings (SSSR count). The SMILES string of the molecule is COc1cc(Cl)n(C)n1. The highest BCUT2D eigenvalue weighted by atomic mass is 35.5. The fourth-order valence-electron chi connectivity index (χ4n) is 0.520. The first-order chi connectivity index (χ1) is 4.24. The molecule has 1 heterocycles. The van der Waals surface area contributed by atoms with Crippen molar-refractivity contribution in [2.75, 3.05) is 7.11 Å². The maximum Gasteiger partial charge on any atom is 0.234 e. The molecule has 0 aliphatic rings. The van der Waals surface area contributed by atoms with Gasteiger partial charge in [0.25, 0.3) is 0 Å². The van der Waals surface area contributed by atoms with Crippen LogP contribution in [0.2, 0.25) is 5.15 Å². The predicted octanol–water partition coefficient (Wildman–Crippen LogP) is 1.08. The third-order valence-corrected chi connectivity index (χ3v) is 1.36. The van der Waals surface area contributed by atoms with Crippen LogP contribution >= 0.6 is 11.6 Å². The molecule has 50 valence electrons. The van der Waals surface area contributed by atoms with E-state index in [-0.39, 0.29) is 0 Å². The number of rotatable bonds is 1. The van der Waals surface area contributed by atoms with Crippen LogP contribution in [0.3, 0.4) is 0 Å². The molecule has 0 aromatic carbocycles. The second-order valence-corrected chi connectivity index (χ2v) is 2.02. The molecule has 0 saturated heterocycles. The lowest BCUT2D eigenvalue weighted by atomic mass is 10.7. The molecule has 0 spiro atoms. The van der Waals surface area contributed by atoms with Gasteiger partial charge in [0.15, 0.2) is 0 Å². The van der Waals surface area contributed by atoms with Gasteiger partial charge in [-0.1, -0.05) is 11.6 Å². The van der Waals surface area contributed by atoms with Crippen LogP contribution < -0.4 is 4.74 Å². The fourth-order valence-corrected chi connectivity index (χ4v) is 0.651. The Labute approximate surface area is 58.2 Å². The van der Waals surface area contributed by atoms with Crippen molar-refractivity contribution in [3.8, 4) is 5.88 Å². The lowest BCUT2D eigenvalue weighted by Crippen LogP contribution is -1.90. The minimum atomic E-state index is 0.544. The highest BCUT2D eigenvalue weighted by Gasteiger charge is 1.99. The maximum absolute atomic E-state index is 5.63. The summed E-state index contributed by atoms with van der Waals surface area (Å²) in [5, 5.41) is 4.47. The summed E-state index contributed by atoms with van der Waals surface area (Å²) in [6, 6.07) is 1.65. The molecule has 3 nitrogen and oxygen atoms in total. The summed E-state index contributed by atoms with van der Waals surface area (Å²) in [5.74, 6) is 0.544. The highest BCUT2D eigenvalue weighted by molar-refractivity contribution is 6.29. The first kappa shape index (κ1) is 6.42. The van der Waals surface area contributed by atoms with E-state index >= 15 is 0 Å². The first-order valence-corrected chi connectivity index (χ1v) is 2.85. The summed E-state index contributed by atoms with van der Waals surface area (Å²) in [6.45, 7) is 0. The summed E-state index contributed by atoms with van der Waals surface area (Å²) in [5.41, 5.74) is 0. The van der Waals surface area contributed by atoms with Gasteiger partial charge in [0.1, 0.15) is 5.15 Å².